The van der Waals surface area contributed by atoms with Crippen LogP contribution in [0.15, 0.2) is 60.1 Å². The summed E-state index contributed by atoms with van der Waals surface area (Å²) in [4.78, 5) is 23.4. The Balaban J connectivity index is 1.61. The van der Waals surface area contributed by atoms with Gasteiger partial charge in [-0.2, -0.15) is 5.10 Å². The fourth-order valence-electron chi connectivity index (χ4n) is 3.51. The minimum Gasteiger partial charge on any atom is -0.321 e. The summed E-state index contributed by atoms with van der Waals surface area (Å²) in [5, 5.41) is 11.2. The van der Waals surface area contributed by atoms with Crippen LogP contribution in [-0.2, 0) is 7.05 Å². The summed E-state index contributed by atoms with van der Waals surface area (Å²) < 4.78 is 1.72. The maximum Gasteiger partial charge on any atom is 0.256 e. The number of anilines is 1. The van der Waals surface area contributed by atoms with Gasteiger partial charge in [-0.1, -0.05) is 24.3 Å². The number of para-hydroxylation sites is 1. The summed E-state index contributed by atoms with van der Waals surface area (Å²) in [6.45, 7) is 1.89. The summed E-state index contributed by atoms with van der Waals surface area (Å²) in [6.07, 6.45) is 1.68. The highest BCUT2D eigenvalue weighted by Gasteiger charge is 2.20. The zero-order valence-corrected chi connectivity index (χ0v) is 16.7. The Morgan fingerprint density at radius 1 is 1.14 bits per heavy atom. The molecule has 0 aliphatic heterocycles. The smallest absolute Gasteiger partial charge is 0.256 e. The van der Waals surface area contributed by atoms with Gasteiger partial charge >= 0.3 is 0 Å². The van der Waals surface area contributed by atoms with Gasteiger partial charge in [0.15, 0.2) is 5.65 Å². The second-order valence-corrected chi connectivity index (χ2v) is 7.76. The van der Waals surface area contributed by atoms with E-state index in [9.17, 15) is 4.79 Å². The number of hydrogen-bond acceptors (Lipinski definition) is 5. The molecule has 0 aliphatic rings. The van der Waals surface area contributed by atoms with Crippen molar-refractivity contribution < 1.29 is 4.79 Å². The second-order valence-electron chi connectivity index (χ2n) is 6.81. The third-order valence-electron chi connectivity index (χ3n) is 4.84. The topological polar surface area (TPSA) is 72.7 Å². The number of pyridine rings is 2. The number of thiophene rings is 1. The molecule has 0 fully saturated rings. The Kier molecular flexibility index (Phi) is 4.10. The molecule has 0 saturated carbocycles. The molecule has 1 aromatic carbocycles. The van der Waals surface area contributed by atoms with Gasteiger partial charge in [0.2, 0.25) is 0 Å². The fourth-order valence-corrected chi connectivity index (χ4v) is 4.20. The average Bonchev–Trinajstić information content (AvgIpc) is 3.36. The average molecular weight is 399 g/mol. The van der Waals surface area contributed by atoms with E-state index in [0.29, 0.717) is 16.9 Å². The van der Waals surface area contributed by atoms with Crippen LogP contribution in [0.4, 0.5) is 5.69 Å². The monoisotopic (exact) mass is 399 g/mol. The number of aromatic nitrogens is 4. The Bertz CT molecular complexity index is 1370. The van der Waals surface area contributed by atoms with E-state index in [-0.39, 0.29) is 5.91 Å². The predicted molar refractivity (Wildman–Crippen MR) is 116 cm³/mol. The molecule has 0 radical (unpaired) electrons. The van der Waals surface area contributed by atoms with E-state index in [0.717, 1.165) is 32.6 Å². The normalized spacial score (nSPS) is 11.2. The number of aryl methyl sites for hydroxylation is 2. The molecule has 0 saturated heterocycles. The van der Waals surface area contributed by atoms with Gasteiger partial charge in [0.25, 0.3) is 5.91 Å². The first kappa shape index (κ1) is 17.5. The van der Waals surface area contributed by atoms with E-state index in [4.69, 9.17) is 4.98 Å². The third kappa shape index (κ3) is 3.05. The number of benzene rings is 1. The molecule has 5 aromatic rings. The fraction of sp³-hybridized carbons (Fsp3) is 0.0909. The van der Waals surface area contributed by atoms with Crippen molar-refractivity contribution in [3.63, 3.8) is 0 Å². The molecule has 142 valence electrons. The Morgan fingerprint density at radius 3 is 2.83 bits per heavy atom. The molecule has 0 bridgehead atoms. The molecule has 0 aliphatic carbocycles. The van der Waals surface area contributed by atoms with E-state index in [2.05, 4.69) is 15.4 Å². The Labute approximate surface area is 170 Å². The number of fused-ring (bicyclic) bond motifs is 2. The maximum atomic E-state index is 13.2. The number of rotatable bonds is 3. The molecule has 4 aromatic heterocycles. The summed E-state index contributed by atoms with van der Waals surface area (Å²) in [7, 11) is 1.84. The van der Waals surface area contributed by atoms with Crippen molar-refractivity contribution in [1.29, 1.82) is 0 Å². The largest absolute Gasteiger partial charge is 0.321 e. The van der Waals surface area contributed by atoms with E-state index < -0.39 is 0 Å². The van der Waals surface area contributed by atoms with Crippen LogP contribution in [0.2, 0.25) is 0 Å². The van der Waals surface area contributed by atoms with E-state index in [1.54, 1.807) is 22.2 Å². The third-order valence-corrected chi connectivity index (χ3v) is 5.73. The molecule has 0 spiro atoms. The highest BCUT2D eigenvalue weighted by molar-refractivity contribution is 7.13. The van der Waals surface area contributed by atoms with Crippen LogP contribution in [-0.4, -0.2) is 25.7 Å². The highest BCUT2D eigenvalue weighted by atomic mass is 32.1. The summed E-state index contributed by atoms with van der Waals surface area (Å²) in [5.74, 6) is -0.205. The molecular formula is C22H17N5OS. The van der Waals surface area contributed by atoms with Crippen molar-refractivity contribution in [1.82, 2.24) is 19.7 Å². The molecule has 0 unspecified atom stereocenters. The lowest BCUT2D eigenvalue weighted by Gasteiger charge is -2.09. The molecule has 4 heterocycles. The molecule has 6 nitrogen and oxygen atoms in total. The van der Waals surface area contributed by atoms with Crippen LogP contribution >= 0.6 is 11.3 Å². The van der Waals surface area contributed by atoms with E-state index in [1.165, 1.54) is 0 Å². The Morgan fingerprint density at radius 2 is 2.00 bits per heavy atom. The van der Waals surface area contributed by atoms with Crippen LogP contribution in [0.3, 0.4) is 0 Å². The molecule has 0 atom stereocenters. The van der Waals surface area contributed by atoms with E-state index >= 15 is 0 Å². The van der Waals surface area contributed by atoms with Gasteiger partial charge in [-0.25, -0.2) is 4.98 Å². The molecule has 7 heteroatoms. The number of carbonyl (C=O) groups is 1. The quantitative estimate of drug-likeness (QED) is 0.473. The lowest BCUT2D eigenvalue weighted by Crippen LogP contribution is -2.13. The van der Waals surface area contributed by atoms with Crippen molar-refractivity contribution >= 4 is 44.9 Å². The van der Waals surface area contributed by atoms with Crippen molar-refractivity contribution in [2.75, 3.05) is 5.32 Å². The summed E-state index contributed by atoms with van der Waals surface area (Å²) in [5.41, 5.74) is 4.32. The lowest BCUT2D eigenvalue weighted by atomic mass is 10.1. The van der Waals surface area contributed by atoms with Gasteiger partial charge in [-0.3, -0.25) is 14.5 Å². The van der Waals surface area contributed by atoms with Crippen molar-refractivity contribution in [3.8, 4) is 10.6 Å². The number of hydrogen-bond donors (Lipinski definition) is 1. The number of nitrogens with one attached hydrogen (secondary N) is 1. The molecule has 1 N–H and O–H groups in total. The van der Waals surface area contributed by atoms with Gasteiger partial charge in [0.05, 0.1) is 44.6 Å². The van der Waals surface area contributed by atoms with Gasteiger partial charge in [0, 0.05) is 12.4 Å². The van der Waals surface area contributed by atoms with Crippen LogP contribution in [0.25, 0.3) is 32.5 Å². The zero-order valence-electron chi connectivity index (χ0n) is 15.9. The van der Waals surface area contributed by atoms with Gasteiger partial charge in [-0.15, -0.1) is 11.3 Å². The summed E-state index contributed by atoms with van der Waals surface area (Å²) in [6, 6.07) is 15.6. The lowest BCUT2D eigenvalue weighted by molar-refractivity contribution is 0.102. The summed E-state index contributed by atoms with van der Waals surface area (Å²) >= 11 is 1.59. The van der Waals surface area contributed by atoms with Gasteiger partial charge in [-0.05, 0) is 36.6 Å². The maximum absolute atomic E-state index is 13.2. The minimum absolute atomic E-state index is 0.205. The second kappa shape index (κ2) is 6.79. The number of carbonyl (C=O) groups excluding carboxylic acids is 1. The van der Waals surface area contributed by atoms with Crippen LogP contribution < -0.4 is 5.32 Å². The van der Waals surface area contributed by atoms with Gasteiger partial charge < -0.3 is 5.32 Å². The molecular weight excluding hydrogens is 382 g/mol. The highest BCUT2D eigenvalue weighted by Crippen LogP contribution is 2.30. The van der Waals surface area contributed by atoms with Crippen LogP contribution in [0.1, 0.15) is 16.1 Å². The standard InChI is InChI=1S/C22H17N5OS/c1-13-20-16(11-18(19-8-5-9-29-19)25-21(20)27(2)26-13)22(28)24-15-10-14-6-3-4-7-17(14)23-12-15/h3-12H,1-2H3,(H,24,28). The zero-order chi connectivity index (χ0) is 20.0. The first-order chi connectivity index (χ1) is 14.1. The van der Waals surface area contributed by atoms with Crippen LogP contribution in [0.5, 0.6) is 0 Å². The number of nitrogens with zero attached hydrogens (tertiary/aromatic N) is 4. The molecule has 5 rings (SSSR count). The van der Waals surface area contributed by atoms with Crippen molar-refractivity contribution in [2.45, 2.75) is 6.92 Å². The van der Waals surface area contributed by atoms with Crippen LogP contribution in [0, 0.1) is 6.92 Å². The van der Waals surface area contributed by atoms with E-state index in [1.807, 2.05) is 67.9 Å². The molecule has 29 heavy (non-hydrogen) atoms. The van der Waals surface area contributed by atoms with Gasteiger partial charge in [0.1, 0.15) is 0 Å². The first-order valence-electron chi connectivity index (χ1n) is 9.14. The SMILES string of the molecule is Cc1nn(C)c2nc(-c3cccs3)cc(C(=O)Nc3cnc4ccccc4c3)c12. The molecule has 1 amide bonds. The number of amides is 1. The Hall–Kier alpha value is -3.58. The van der Waals surface area contributed by atoms with Crippen molar-refractivity contribution in [3.05, 3.63) is 71.4 Å². The minimum atomic E-state index is -0.205. The van der Waals surface area contributed by atoms with Crippen molar-refractivity contribution in [2.24, 2.45) is 7.05 Å². The predicted octanol–water partition coefficient (Wildman–Crippen LogP) is 4.81. The first-order valence-corrected chi connectivity index (χ1v) is 10.0.